The molecular formula is C10H15N3O5. The van der Waals surface area contributed by atoms with E-state index < -0.39 is 24.6 Å². The van der Waals surface area contributed by atoms with Gasteiger partial charge in [0.05, 0.1) is 19.3 Å². The first-order chi connectivity index (χ1) is 8.56. The molecule has 1 atom stereocenters. The average molecular weight is 257 g/mol. The van der Waals surface area contributed by atoms with E-state index in [2.05, 4.69) is 15.6 Å². The Hall–Kier alpha value is -2.09. The van der Waals surface area contributed by atoms with Crippen LogP contribution in [0.25, 0.3) is 0 Å². The van der Waals surface area contributed by atoms with Gasteiger partial charge in [0.25, 0.3) is 0 Å². The Bertz CT molecular complexity index is 417. The first kappa shape index (κ1) is 14.0. The summed E-state index contributed by atoms with van der Waals surface area (Å²) in [6.07, 6.45) is 2.26. The van der Waals surface area contributed by atoms with Crippen LogP contribution in [0, 0.1) is 0 Å². The van der Waals surface area contributed by atoms with Gasteiger partial charge in [0, 0.05) is 6.42 Å². The number of oxazole rings is 1. The van der Waals surface area contributed by atoms with Gasteiger partial charge in [-0.3, -0.25) is 0 Å². The van der Waals surface area contributed by atoms with Crippen molar-refractivity contribution in [3.8, 4) is 0 Å². The molecule has 2 amide bonds. The van der Waals surface area contributed by atoms with Crippen molar-refractivity contribution >= 4 is 12.0 Å². The second kappa shape index (κ2) is 6.60. The first-order valence-corrected chi connectivity index (χ1v) is 5.38. The molecule has 4 N–H and O–H groups in total. The second-order valence-electron chi connectivity index (χ2n) is 3.47. The van der Waals surface area contributed by atoms with Gasteiger partial charge < -0.3 is 25.3 Å². The maximum absolute atomic E-state index is 11.3. The number of aryl methyl sites for hydroxylation is 1. The molecule has 0 saturated carbocycles. The van der Waals surface area contributed by atoms with Gasteiger partial charge >= 0.3 is 12.0 Å². The predicted molar refractivity (Wildman–Crippen MR) is 59.8 cm³/mol. The fourth-order valence-corrected chi connectivity index (χ4v) is 1.14. The van der Waals surface area contributed by atoms with Crippen molar-refractivity contribution in [2.75, 3.05) is 6.61 Å². The Morgan fingerprint density at radius 3 is 2.78 bits per heavy atom. The van der Waals surface area contributed by atoms with Crippen molar-refractivity contribution in [2.24, 2.45) is 0 Å². The van der Waals surface area contributed by atoms with Crippen molar-refractivity contribution in [1.82, 2.24) is 15.6 Å². The van der Waals surface area contributed by atoms with Gasteiger partial charge in [-0.05, 0) is 0 Å². The number of urea groups is 1. The lowest BCUT2D eigenvalue weighted by molar-refractivity contribution is -0.140. The van der Waals surface area contributed by atoms with Gasteiger partial charge in [-0.2, -0.15) is 0 Å². The van der Waals surface area contributed by atoms with Crippen LogP contribution in [-0.2, 0) is 17.8 Å². The van der Waals surface area contributed by atoms with Crippen LogP contribution in [0.4, 0.5) is 4.79 Å². The zero-order valence-corrected chi connectivity index (χ0v) is 9.84. The highest BCUT2D eigenvalue weighted by molar-refractivity contribution is 5.82. The molecule has 8 nitrogen and oxygen atoms in total. The van der Waals surface area contributed by atoms with Crippen LogP contribution in [0.3, 0.4) is 0 Å². The highest BCUT2D eigenvalue weighted by atomic mass is 16.4. The van der Waals surface area contributed by atoms with E-state index in [9.17, 15) is 9.59 Å². The Morgan fingerprint density at radius 2 is 2.28 bits per heavy atom. The molecule has 0 saturated heterocycles. The minimum Gasteiger partial charge on any atom is -0.480 e. The number of carbonyl (C=O) groups is 2. The van der Waals surface area contributed by atoms with Crippen molar-refractivity contribution in [3.63, 3.8) is 0 Å². The number of nitrogens with one attached hydrogen (secondary N) is 2. The number of hydrogen-bond donors (Lipinski definition) is 4. The summed E-state index contributed by atoms with van der Waals surface area (Å²) in [6.45, 7) is 1.27. The topological polar surface area (TPSA) is 125 Å². The third-order valence-electron chi connectivity index (χ3n) is 2.14. The highest BCUT2D eigenvalue weighted by Crippen LogP contribution is 2.03. The number of carboxylic acid groups (broad SMARTS) is 1. The van der Waals surface area contributed by atoms with E-state index in [0.29, 0.717) is 18.1 Å². The fourth-order valence-electron chi connectivity index (χ4n) is 1.14. The molecule has 0 bridgehead atoms. The van der Waals surface area contributed by atoms with E-state index in [1.807, 2.05) is 6.92 Å². The standard InChI is InChI=1S/C10H15N3O5/c1-2-6-3-11-8(18-6)4-12-10(17)13-7(5-14)9(15)16/h3,7,14H,2,4-5H2,1H3,(H,15,16)(H2,12,13,17)/t7-/m0/s1. The van der Waals surface area contributed by atoms with Crippen molar-refractivity contribution < 1.29 is 24.2 Å². The van der Waals surface area contributed by atoms with Crippen LogP contribution >= 0.6 is 0 Å². The van der Waals surface area contributed by atoms with E-state index >= 15 is 0 Å². The molecular weight excluding hydrogens is 242 g/mol. The minimum atomic E-state index is -1.33. The molecule has 1 rings (SSSR count). The molecule has 0 unspecified atom stereocenters. The molecule has 0 spiro atoms. The quantitative estimate of drug-likeness (QED) is 0.543. The van der Waals surface area contributed by atoms with E-state index in [0.717, 1.165) is 0 Å². The number of aliphatic hydroxyl groups is 1. The summed E-state index contributed by atoms with van der Waals surface area (Å²) in [6, 6.07) is -2.05. The molecule has 1 heterocycles. The summed E-state index contributed by atoms with van der Waals surface area (Å²) in [5.41, 5.74) is 0. The SMILES string of the molecule is CCc1cnc(CNC(=O)N[C@@H](CO)C(=O)O)o1. The smallest absolute Gasteiger partial charge is 0.328 e. The highest BCUT2D eigenvalue weighted by Gasteiger charge is 2.18. The molecule has 1 aromatic rings. The maximum Gasteiger partial charge on any atom is 0.328 e. The summed E-state index contributed by atoms with van der Waals surface area (Å²) in [4.78, 5) is 25.8. The van der Waals surface area contributed by atoms with E-state index in [4.69, 9.17) is 14.6 Å². The Balaban J connectivity index is 2.38. The van der Waals surface area contributed by atoms with E-state index in [-0.39, 0.29) is 6.54 Å². The van der Waals surface area contributed by atoms with Crippen LogP contribution in [0.2, 0.25) is 0 Å². The third-order valence-corrected chi connectivity index (χ3v) is 2.14. The Morgan fingerprint density at radius 1 is 1.56 bits per heavy atom. The normalized spacial score (nSPS) is 11.9. The van der Waals surface area contributed by atoms with Crippen LogP contribution in [-0.4, -0.2) is 39.8 Å². The predicted octanol–water partition coefficient (Wildman–Crippen LogP) is -0.518. The fraction of sp³-hybridized carbons (Fsp3) is 0.500. The van der Waals surface area contributed by atoms with Crippen molar-refractivity contribution in [3.05, 3.63) is 17.8 Å². The molecule has 0 aromatic carbocycles. The number of aliphatic carboxylic acids is 1. The monoisotopic (exact) mass is 257 g/mol. The number of amides is 2. The molecule has 0 radical (unpaired) electrons. The molecule has 0 aliphatic carbocycles. The number of carbonyl (C=O) groups excluding carboxylic acids is 1. The summed E-state index contributed by atoms with van der Waals surface area (Å²) in [5, 5.41) is 21.8. The van der Waals surface area contributed by atoms with E-state index in [1.54, 1.807) is 6.20 Å². The van der Waals surface area contributed by atoms with E-state index in [1.165, 1.54) is 0 Å². The van der Waals surface area contributed by atoms with Gasteiger partial charge in [-0.25, -0.2) is 14.6 Å². The number of hydrogen-bond acceptors (Lipinski definition) is 5. The summed E-state index contributed by atoms with van der Waals surface area (Å²) >= 11 is 0. The largest absolute Gasteiger partial charge is 0.480 e. The Kier molecular flexibility index (Phi) is 5.12. The molecule has 0 aliphatic rings. The zero-order valence-electron chi connectivity index (χ0n) is 9.84. The lowest BCUT2D eigenvalue weighted by Crippen LogP contribution is -2.47. The van der Waals surface area contributed by atoms with Crippen LogP contribution in [0.15, 0.2) is 10.6 Å². The zero-order chi connectivity index (χ0) is 13.5. The third kappa shape index (κ3) is 4.06. The lowest BCUT2D eigenvalue weighted by Gasteiger charge is -2.11. The number of nitrogens with zero attached hydrogens (tertiary/aromatic N) is 1. The summed E-state index contributed by atoms with van der Waals surface area (Å²) < 4.78 is 5.24. The van der Waals surface area contributed by atoms with Gasteiger partial charge in [0.15, 0.2) is 6.04 Å². The van der Waals surface area contributed by atoms with Gasteiger partial charge in [-0.1, -0.05) is 6.92 Å². The molecule has 0 aliphatic heterocycles. The summed E-state index contributed by atoms with van der Waals surface area (Å²) in [5.74, 6) is -0.277. The van der Waals surface area contributed by atoms with Gasteiger partial charge in [-0.15, -0.1) is 0 Å². The van der Waals surface area contributed by atoms with Crippen molar-refractivity contribution in [1.29, 1.82) is 0 Å². The molecule has 18 heavy (non-hydrogen) atoms. The van der Waals surface area contributed by atoms with Gasteiger partial charge in [0.2, 0.25) is 5.89 Å². The van der Waals surface area contributed by atoms with Crippen LogP contribution < -0.4 is 10.6 Å². The Labute approximate surface area is 103 Å². The first-order valence-electron chi connectivity index (χ1n) is 5.38. The molecule has 0 fully saturated rings. The number of carboxylic acids is 1. The maximum atomic E-state index is 11.3. The van der Waals surface area contributed by atoms with Crippen LogP contribution in [0.5, 0.6) is 0 Å². The number of aromatic nitrogens is 1. The van der Waals surface area contributed by atoms with Gasteiger partial charge in [0.1, 0.15) is 5.76 Å². The number of aliphatic hydroxyl groups excluding tert-OH is 1. The van der Waals surface area contributed by atoms with Crippen LogP contribution in [0.1, 0.15) is 18.6 Å². The average Bonchev–Trinajstić information content (AvgIpc) is 2.81. The lowest BCUT2D eigenvalue weighted by atomic mass is 10.3. The molecule has 1 aromatic heterocycles. The number of rotatable bonds is 6. The molecule has 100 valence electrons. The minimum absolute atomic E-state index is 0.0452. The second-order valence-corrected chi connectivity index (χ2v) is 3.47. The van der Waals surface area contributed by atoms with Crippen molar-refractivity contribution in [2.45, 2.75) is 25.9 Å². The summed E-state index contributed by atoms with van der Waals surface area (Å²) in [7, 11) is 0. The molecule has 8 heteroatoms.